The Morgan fingerprint density at radius 3 is 2.66 bits per heavy atom. The van der Waals surface area contributed by atoms with Crippen LogP contribution in [0.15, 0.2) is 48.5 Å². The van der Waals surface area contributed by atoms with Gasteiger partial charge in [0.15, 0.2) is 0 Å². The molecule has 32 heavy (non-hydrogen) atoms. The number of carbonyl (C=O) groups is 1. The summed E-state index contributed by atoms with van der Waals surface area (Å²) >= 11 is 0. The molecule has 170 valence electrons. The first kappa shape index (κ1) is 22.1. The number of ether oxygens (including phenoxy) is 2. The first-order chi connectivity index (χ1) is 15.3. The van der Waals surface area contributed by atoms with Crippen molar-refractivity contribution in [3.8, 4) is 6.01 Å². The fourth-order valence-electron chi connectivity index (χ4n) is 3.97. The van der Waals surface area contributed by atoms with Gasteiger partial charge in [-0.05, 0) is 63.4 Å². The van der Waals surface area contributed by atoms with E-state index in [2.05, 4.69) is 4.98 Å². The molecule has 1 atom stereocenters. The predicted molar refractivity (Wildman–Crippen MR) is 121 cm³/mol. The zero-order chi connectivity index (χ0) is 22.7. The average molecular weight is 440 g/mol. The molecule has 7 heteroatoms. The number of halogens is 1. The zero-order valence-electron chi connectivity index (χ0n) is 18.9. The molecule has 0 bridgehead atoms. The Balaban J connectivity index is 1.47. The van der Waals surface area contributed by atoms with Gasteiger partial charge in [0.05, 0.1) is 24.2 Å². The van der Waals surface area contributed by atoms with Crippen LogP contribution in [0, 0.1) is 11.7 Å². The van der Waals surface area contributed by atoms with Crippen molar-refractivity contribution in [1.82, 2.24) is 14.5 Å². The Morgan fingerprint density at radius 1 is 1.16 bits per heavy atom. The molecule has 0 N–H and O–H groups in total. The third kappa shape index (κ3) is 5.39. The SMILES string of the molecule is CC(C)(C)OC(=O)N1CCCC(COc2nc3ccccc3n2Cc2ccc(F)cc2)C1. The van der Waals surface area contributed by atoms with Gasteiger partial charge in [0.1, 0.15) is 11.4 Å². The molecule has 1 aromatic heterocycles. The number of piperidine rings is 1. The van der Waals surface area contributed by atoms with E-state index in [1.807, 2.05) is 49.6 Å². The molecule has 1 fully saturated rings. The minimum Gasteiger partial charge on any atom is -0.464 e. The summed E-state index contributed by atoms with van der Waals surface area (Å²) < 4.78 is 27.0. The van der Waals surface area contributed by atoms with Gasteiger partial charge in [-0.2, -0.15) is 4.98 Å². The predicted octanol–water partition coefficient (Wildman–Crippen LogP) is 5.25. The van der Waals surface area contributed by atoms with E-state index in [0.717, 1.165) is 29.4 Å². The van der Waals surface area contributed by atoms with Crippen LogP contribution < -0.4 is 4.74 Å². The second-order valence-electron chi connectivity index (χ2n) is 9.34. The minimum atomic E-state index is -0.508. The molecule has 1 aliphatic rings. The van der Waals surface area contributed by atoms with Crippen LogP contribution in [0.1, 0.15) is 39.2 Å². The number of rotatable bonds is 5. The Labute approximate surface area is 187 Å². The van der Waals surface area contributed by atoms with Gasteiger partial charge in [-0.1, -0.05) is 24.3 Å². The average Bonchev–Trinajstić information content (AvgIpc) is 3.10. The van der Waals surface area contributed by atoms with Crippen LogP contribution in [0.5, 0.6) is 6.01 Å². The summed E-state index contributed by atoms with van der Waals surface area (Å²) in [5.74, 6) is -0.0529. The summed E-state index contributed by atoms with van der Waals surface area (Å²) in [5, 5.41) is 0. The van der Waals surface area contributed by atoms with Gasteiger partial charge in [-0.25, -0.2) is 9.18 Å². The molecular weight excluding hydrogens is 409 g/mol. The van der Waals surface area contributed by atoms with Crippen molar-refractivity contribution >= 4 is 17.1 Å². The van der Waals surface area contributed by atoms with Crippen molar-refractivity contribution in [2.75, 3.05) is 19.7 Å². The second-order valence-corrected chi connectivity index (χ2v) is 9.34. The number of amides is 1. The highest BCUT2D eigenvalue weighted by Gasteiger charge is 2.28. The molecule has 0 spiro atoms. The quantitative estimate of drug-likeness (QED) is 0.545. The van der Waals surface area contributed by atoms with Gasteiger partial charge >= 0.3 is 6.09 Å². The molecule has 6 nitrogen and oxygen atoms in total. The molecule has 1 unspecified atom stereocenters. The van der Waals surface area contributed by atoms with Crippen LogP contribution in [0.25, 0.3) is 11.0 Å². The Morgan fingerprint density at radius 2 is 1.91 bits per heavy atom. The maximum Gasteiger partial charge on any atom is 0.410 e. The van der Waals surface area contributed by atoms with E-state index in [-0.39, 0.29) is 17.8 Å². The van der Waals surface area contributed by atoms with Crippen LogP contribution in [-0.2, 0) is 11.3 Å². The molecule has 0 radical (unpaired) electrons. The fourth-order valence-corrected chi connectivity index (χ4v) is 3.97. The highest BCUT2D eigenvalue weighted by atomic mass is 19.1. The van der Waals surface area contributed by atoms with Crippen molar-refractivity contribution < 1.29 is 18.7 Å². The van der Waals surface area contributed by atoms with Crippen molar-refractivity contribution in [2.24, 2.45) is 5.92 Å². The summed E-state index contributed by atoms with van der Waals surface area (Å²) in [6.45, 7) is 7.93. The van der Waals surface area contributed by atoms with Crippen molar-refractivity contribution in [2.45, 2.75) is 45.8 Å². The molecule has 1 saturated heterocycles. The summed E-state index contributed by atoms with van der Waals surface area (Å²) in [7, 11) is 0. The monoisotopic (exact) mass is 439 g/mol. The van der Waals surface area contributed by atoms with Gasteiger partial charge in [0.2, 0.25) is 0 Å². The lowest BCUT2D eigenvalue weighted by molar-refractivity contribution is 0.0136. The van der Waals surface area contributed by atoms with E-state index in [1.54, 1.807) is 17.0 Å². The van der Waals surface area contributed by atoms with Gasteiger partial charge in [-0.15, -0.1) is 0 Å². The standard InChI is InChI=1S/C25H30FN3O3/c1-25(2,3)32-24(30)28-14-6-7-19(15-28)17-31-23-27-21-8-4-5-9-22(21)29(23)16-18-10-12-20(26)13-11-18/h4-5,8-13,19H,6-7,14-17H2,1-3H3. The van der Waals surface area contributed by atoms with E-state index in [0.29, 0.717) is 32.3 Å². The van der Waals surface area contributed by atoms with Crippen molar-refractivity contribution in [3.63, 3.8) is 0 Å². The zero-order valence-corrected chi connectivity index (χ0v) is 18.9. The van der Waals surface area contributed by atoms with Crippen LogP contribution in [0.4, 0.5) is 9.18 Å². The maximum absolute atomic E-state index is 13.3. The second kappa shape index (κ2) is 9.18. The van der Waals surface area contributed by atoms with E-state index < -0.39 is 5.60 Å². The smallest absolute Gasteiger partial charge is 0.410 e. The van der Waals surface area contributed by atoms with E-state index >= 15 is 0 Å². The van der Waals surface area contributed by atoms with Crippen LogP contribution >= 0.6 is 0 Å². The topological polar surface area (TPSA) is 56.6 Å². The third-order valence-electron chi connectivity index (χ3n) is 5.49. The van der Waals surface area contributed by atoms with E-state index in [4.69, 9.17) is 9.47 Å². The Hall–Kier alpha value is -3.09. The van der Waals surface area contributed by atoms with Crippen molar-refractivity contribution in [1.29, 1.82) is 0 Å². The summed E-state index contributed by atoms with van der Waals surface area (Å²) in [4.78, 5) is 18.9. The van der Waals surface area contributed by atoms with Crippen molar-refractivity contribution in [3.05, 3.63) is 59.9 Å². The first-order valence-electron chi connectivity index (χ1n) is 11.1. The molecule has 3 aromatic rings. The number of carbonyl (C=O) groups excluding carboxylic acids is 1. The number of benzene rings is 2. The fraction of sp³-hybridized carbons (Fsp3) is 0.440. The summed E-state index contributed by atoms with van der Waals surface area (Å²) in [6.07, 6.45) is 1.63. The Bertz CT molecular complexity index is 1070. The summed E-state index contributed by atoms with van der Waals surface area (Å²) in [5.41, 5.74) is 2.27. The van der Waals surface area contributed by atoms with E-state index in [9.17, 15) is 9.18 Å². The lowest BCUT2D eigenvalue weighted by Gasteiger charge is -2.33. The molecule has 1 amide bonds. The number of likely N-dealkylation sites (tertiary alicyclic amines) is 1. The highest BCUT2D eigenvalue weighted by molar-refractivity contribution is 5.76. The summed E-state index contributed by atoms with van der Waals surface area (Å²) in [6, 6.07) is 14.9. The van der Waals surface area contributed by atoms with Crippen LogP contribution in [0.3, 0.4) is 0 Å². The van der Waals surface area contributed by atoms with Crippen LogP contribution in [-0.4, -0.2) is 45.8 Å². The normalized spacial score (nSPS) is 16.9. The molecule has 2 aromatic carbocycles. The number of nitrogens with zero attached hydrogens (tertiary/aromatic N) is 3. The maximum atomic E-state index is 13.3. The highest BCUT2D eigenvalue weighted by Crippen LogP contribution is 2.25. The molecule has 1 aliphatic heterocycles. The first-order valence-corrected chi connectivity index (χ1v) is 11.1. The number of fused-ring (bicyclic) bond motifs is 1. The van der Waals surface area contributed by atoms with Gasteiger partial charge in [-0.3, -0.25) is 4.57 Å². The largest absolute Gasteiger partial charge is 0.464 e. The molecular formula is C25H30FN3O3. The molecule has 0 aliphatic carbocycles. The van der Waals surface area contributed by atoms with Gasteiger partial charge in [0, 0.05) is 19.0 Å². The minimum absolute atomic E-state index is 0.204. The molecule has 2 heterocycles. The third-order valence-corrected chi connectivity index (χ3v) is 5.49. The lowest BCUT2D eigenvalue weighted by Crippen LogP contribution is -2.44. The van der Waals surface area contributed by atoms with E-state index in [1.165, 1.54) is 12.1 Å². The number of imidazole rings is 1. The van der Waals surface area contributed by atoms with Gasteiger partial charge < -0.3 is 14.4 Å². The van der Waals surface area contributed by atoms with Crippen LogP contribution in [0.2, 0.25) is 0 Å². The lowest BCUT2D eigenvalue weighted by atomic mass is 9.99. The number of hydrogen-bond donors (Lipinski definition) is 0. The van der Waals surface area contributed by atoms with Gasteiger partial charge in [0.25, 0.3) is 6.01 Å². The number of hydrogen-bond acceptors (Lipinski definition) is 4. The number of aromatic nitrogens is 2. The number of para-hydroxylation sites is 2. The molecule has 0 saturated carbocycles. The molecule has 4 rings (SSSR count). The Kier molecular flexibility index (Phi) is 6.35.